The molecule has 1 aromatic heterocycles. The number of carbonyl (C=O) groups is 1. The first-order valence-corrected chi connectivity index (χ1v) is 6.71. The topological polar surface area (TPSA) is 92.5 Å². The van der Waals surface area contributed by atoms with Crippen LogP contribution in [0.4, 0.5) is 0 Å². The SMILES string of the molecule is N#CCCN(Cc1ccco1)C(=O)C1(N)CCOCC1. The van der Waals surface area contributed by atoms with Gasteiger partial charge in [-0.2, -0.15) is 5.26 Å². The van der Waals surface area contributed by atoms with Crippen molar-refractivity contribution in [3.8, 4) is 6.07 Å². The van der Waals surface area contributed by atoms with Crippen LogP contribution in [0.1, 0.15) is 25.0 Å². The number of hydrogen-bond acceptors (Lipinski definition) is 5. The average molecular weight is 277 g/mol. The van der Waals surface area contributed by atoms with Crippen molar-refractivity contribution in [1.29, 1.82) is 5.26 Å². The zero-order valence-electron chi connectivity index (χ0n) is 11.4. The highest BCUT2D eigenvalue weighted by Crippen LogP contribution is 2.22. The van der Waals surface area contributed by atoms with E-state index in [4.69, 9.17) is 20.1 Å². The second-order valence-electron chi connectivity index (χ2n) is 4.98. The molecule has 108 valence electrons. The van der Waals surface area contributed by atoms with Gasteiger partial charge < -0.3 is 19.8 Å². The number of nitrogens with zero attached hydrogens (tertiary/aromatic N) is 2. The monoisotopic (exact) mass is 277 g/mol. The minimum atomic E-state index is -0.889. The predicted molar refractivity (Wildman–Crippen MR) is 71.3 cm³/mol. The Morgan fingerprint density at radius 3 is 2.85 bits per heavy atom. The number of hydrogen-bond donors (Lipinski definition) is 1. The Labute approximate surface area is 118 Å². The van der Waals surface area contributed by atoms with E-state index in [1.807, 2.05) is 0 Å². The summed E-state index contributed by atoms with van der Waals surface area (Å²) < 4.78 is 10.5. The lowest BCUT2D eigenvalue weighted by molar-refractivity contribution is -0.141. The van der Waals surface area contributed by atoms with Crippen LogP contribution < -0.4 is 5.73 Å². The molecule has 0 unspecified atom stereocenters. The van der Waals surface area contributed by atoms with Crippen LogP contribution in [0.3, 0.4) is 0 Å². The fourth-order valence-electron chi connectivity index (χ4n) is 2.29. The van der Waals surface area contributed by atoms with E-state index in [2.05, 4.69) is 6.07 Å². The van der Waals surface area contributed by atoms with E-state index in [0.717, 1.165) is 0 Å². The van der Waals surface area contributed by atoms with Gasteiger partial charge in [0.05, 0.1) is 30.8 Å². The van der Waals surface area contributed by atoms with Gasteiger partial charge in [0.15, 0.2) is 0 Å². The Bertz CT molecular complexity index is 472. The van der Waals surface area contributed by atoms with E-state index in [0.29, 0.717) is 44.9 Å². The lowest BCUT2D eigenvalue weighted by Crippen LogP contribution is -2.58. The molecule has 1 fully saturated rings. The maximum Gasteiger partial charge on any atom is 0.243 e. The maximum atomic E-state index is 12.6. The van der Waals surface area contributed by atoms with Crippen molar-refractivity contribution in [2.24, 2.45) is 5.73 Å². The summed E-state index contributed by atoms with van der Waals surface area (Å²) >= 11 is 0. The van der Waals surface area contributed by atoms with Crippen molar-refractivity contribution >= 4 is 5.91 Å². The van der Waals surface area contributed by atoms with E-state index in [1.54, 1.807) is 23.3 Å². The molecule has 0 aliphatic carbocycles. The largest absolute Gasteiger partial charge is 0.467 e. The van der Waals surface area contributed by atoms with Crippen LogP contribution in [0.25, 0.3) is 0 Å². The molecule has 2 N–H and O–H groups in total. The highest BCUT2D eigenvalue weighted by molar-refractivity contribution is 5.86. The second-order valence-corrected chi connectivity index (χ2v) is 4.98. The molecule has 0 spiro atoms. The summed E-state index contributed by atoms with van der Waals surface area (Å²) in [6.45, 7) is 1.69. The minimum absolute atomic E-state index is 0.132. The van der Waals surface area contributed by atoms with Crippen LogP contribution in [0.5, 0.6) is 0 Å². The fourth-order valence-corrected chi connectivity index (χ4v) is 2.29. The lowest BCUT2D eigenvalue weighted by Gasteiger charge is -2.36. The maximum absolute atomic E-state index is 12.6. The van der Waals surface area contributed by atoms with Crippen LogP contribution in [0.2, 0.25) is 0 Å². The van der Waals surface area contributed by atoms with Crippen LogP contribution in [-0.4, -0.2) is 36.1 Å². The van der Waals surface area contributed by atoms with Gasteiger partial charge >= 0.3 is 0 Å². The van der Waals surface area contributed by atoms with E-state index >= 15 is 0 Å². The molecule has 1 aliphatic heterocycles. The van der Waals surface area contributed by atoms with Crippen LogP contribution in [0.15, 0.2) is 22.8 Å². The van der Waals surface area contributed by atoms with Gasteiger partial charge in [-0.15, -0.1) is 0 Å². The van der Waals surface area contributed by atoms with Crippen LogP contribution in [0, 0.1) is 11.3 Å². The molecule has 0 radical (unpaired) electrons. The van der Waals surface area contributed by atoms with E-state index < -0.39 is 5.54 Å². The van der Waals surface area contributed by atoms with Gasteiger partial charge in [0.2, 0.25) is 5.91 Å². The summed E-state index contributed by atoms with van der Waals surface area (Å²) in [5, 5.41) is 8.73. The van der Waals surface area contributed by atoms with Gasteiger partial charge in [-0.1, -0.05) is 0 Å². The van der Waals surface area contributed by atoms with E-state index in [-0.39, 0.29) is 12.3 Å². The smallest absolute Gasteiger partial charge is 0.243 e. The molecule has 0 saturated carbocycles. The molecule has 0 aromatic carbocycles. The van der Waals surface area contributed by atoms with Crippen molar-refractivity contribution in [2.75, 3.05) is 19.8 Å². The Hall–Kier alpha value is -1.84. The van der Waals surface area contributed by atoms with E-state index in [9.17, 15) is 4.79 Å². The highest BCUT2D eigenvalue weighted by Gasteiger charge is 2.39. The average Bonchev–Trinajstić information content (AvgIpc) is 2.96. The van der Waals surface area contributed by atoms with Gasteiger partial charge in [0.25, 0.3) is 0 Å². The molecule has 0 bridgehead atoms. The van der Waals surface area contributed by atoms with Gasteiger partial charge in [-0.3, -0.25) is 4.79 Å². The summed E-state index contributed by atoms with van der Waals surface area (Å²) in [4.78, 5) is 14.3. The van der Waals surface area contributed by atoms with Crippen molar-refractivity contribution < 1.29 is 13.9 Å². The summed E-state index contributed by atoms with van der Waals surface area (Å²) in [6.07, 6.45) is 2.86. The Morgan fingerprint density at radius 2 is 2.25 bits per heavy atom. The second kappa shape index (κ2) is 6.55. The summed E-state index contributed by atoms with van der Waals surface area (Å²) in [5.74, 6) is 0.555. The molecule has 2 heterocycles. The molecular weight excluding hydrogens is 258 g/mol. The molecule has 1 saturated heterocycles. The van der Waals surface area contributed by atoms with Crippen molar-refractivity contribution in [3.05, 3.63) is 24.2 Å². The van der Waals surface area contributed by atoms with Crippen molar-refractivity contribution in [3.63, 3.8) is 0 Å². The first kappa shape index (κ1) is 14.6. The summed E-state index contributed by atoms with van der Waals surface area (Å²) in [7, 11) is 0. The van der Waals surface area contributed by atoms with Crippen molar-refractivity contribution in [2.45, 2.75) is 31.3 Å². The molecule has 1 aliphatic rings. The molecule has 20 heavy (non-hydrogen) atoms. The van der Waals surface area contributed by atoms with Crippen LogP contribution in [-0.2, 0) is 16.1 Å². The predicted octanol–water partition coefficient (Wildman–Crippen LogP) is 1.03. The number of nitriles is 1. The highest BCUT2D eigenvalue weighted by atomic mass is 16.5. The number of nitrogens with two attached hydrogens (primary N) is 1. The molecule has 1 aromatic rings. The third kappa shape index (κ3) is 3.38. The van der Waals surface area contributed by atoms with Gasteiger partial charge in [-0.25, -0.2) is 0 Å². The zero-order chi connectivity index (χ0) is 14.4. The molecule has 6 nitrogen and oxygen atoms in total. The molecule has 0 atom stereocenters. The number of furan rings is 1. The van der Waals surface area contributed by atoms with E-state index in [1.165, 1.54) is 0 Å². The Balaban J connectivity index is 2.08. The number of ether oxygens (including phenoxy) is 1. The minimum Gasteiger partial charge on any atom is -0.467 e. The molecular formula is C14H19N3O3. The Morgan fingerprint density at radius 1 is 1.50 bits per heavy atom. The normalized spacial score (nSPS) is 17.4. The lowest BCUT2D eigenvalue weighted by atomic mass is 9.89. The third-order valence-corrected chi connectivity index (χ3v) is 3.52. The number of carbonyl (C=O) groups excluding carboxylic acids is 1. The standard InChI is InChI=1S/C14H19N3O3/c15-6-2-7-17(11-12-3-1-8-20-12)13(18)14(16)4-9-19-10-5-14/h1,3,8H,2,4-5,7,9-11,16H2. The quantitative estimate of drug-likeness (QED) is 0.867. The number of rotatable bonds is 5. The summed E-state index contributed by atoms with van der Waals surface area (Å²) in [5.41, 5.74) is 5.33. The number of amides is 1. The molecule has 6 heteroatoms. The first-order chi connectivity index (χ1) is 9.65. The zero-order valence-corrected chi connectivity index (χ0v) is 11.4. The van der Waals surface area contributed by atoms with Crippen LogP contribution >= 0.6 is 0 Å². The molecule has 2 rings (SSSR count). The van der Waals surface area contributed by atoms with Crippen molar-refractivity contribution in [1.82, 2.24) is 4.90 Å². The van der Waals surface area contributed by atoms with Gasteiger partial charge in [0.1, 0.15) is 5.76 Å². The first-order valence-electron chi connectivity index (χ1n) is 6.71. The Kier molecular flexibility index (Phi) is 4.77. The third-order valence-electron chi connectivity index (χ3n) is 3.52. The van der Waals surface area contributed by atoms with Gasteiger partial charge in [0, 0.05) is 19.8 Å². The summed E-state index contributed by atoms with van der Waals surface area (Å²) in [6, 6.07) is 5.64. The van der Waals surface area contributed by atoms with Gasteiger partial charge in [-0.05, 0) is 25.0 Å². The molecule has 1 amide bonds. The fraction of sp³-hybridized carbons (Fsp3) is 0.571.